The molecule has 1 aromatic carbocycles. The average Bonchev–Trinajstić information content (AvgIpc) is 2.78. The number of piperidine rings is 1. The summed E-state index contributed by atoms with van der Waals surface area (Å²) in [6.45, 7) is 6.29. The van der Waals surface area contributed by atoms with Gasteiger partial charge >= 0.3 is 0 Å². The van der Waals surface area contributed by atoms with Gasteiger partial charge in [-0.25, -0.2) is 9.97 Å². The highest BCUT2D eigenvalue weighted by molar-refractivity contribution is 6.07. The van der Waals surface area contributed by atoms with Gasteiger partial charge in [0.1, 0.15) is 0 Å². The van der Waals surface area contributed by atoms with Gasteiger partial charge in [0.2, 0.25) is 5.91 Å². The van der Waals surface area contributed by atoms with Crippen molar-refractivity contribution in [1.82, 2.24) is 14.9 Å². The number of hydrogen-bond acceptors (Lipinski definition) is 5. The van der Waals surface area contributed by atoms with Gasteiger partial charge in [0.15, 0.2) is 5.65 Å². The molecule has 7 nitrogen and oxygen atoms in total. The van der Waals surface area contributed by atoms with Gasteiger partial charge in [0.25, 0.3) is 5.91 Å². The van der Waals surface area contributed by atoms with Crippen LogP contribution in [0.3, 0.4) is 0 Å². The molecule has 32 heavy (non-hydrogen) atoms. The smallest absolute Gasteiger partial charge is 0.257 e. The highest BCUT2D eigenvalue weighted by atomic mass is 16.2. The van der Waals surface area contributed by atoms with Gasteiger partial charge in [0.05, 0.1) is 11.3 Å². The van der Waals surface area contributed by atoms with Gasteiger partial charge in [-0.2, -0.15) is 0 Å². The second-order valence-electron chi connectivity index (χ2n) is 8.31. The molecule has 166 valence electrons. The Morgan fingerprint density at radius 2 is 1.97 bits per heavy atom. The fraction of sp³-hybridized carbons (Fsp3) is 0.360. The second kappa shape index (κ2) is 9.34. The average molecular weight is 432 g/mol. The Balaban J connectivity index is 1.78. The van der Waals surface area contributed by atoms with Crippen molar-refractivity contribution in [3.63, 3.8) is 0 Å². The molecule has 0 unspecified atom stereocenters. The molecule has 7 heteroatoms. The van der Waals surface area contributed by atoms with Crippen LogP contribution in [0.2, 0.25) is 0 Å². The number of aromatic nitrogens is 2. The van der Waals surface area contributed by atoms with Crippen LogP contribution in [0.25, 0.3) is 11.0 Å². The van der Waals surface area contributed by atoms with E-state index in [0.29, 0.717) is 22.6 Å². The molecule has 1 aliphatic heterocycles. The Kier molecular flexibility index (Phi) is 6.35. The number of fused-ring (bicyclic) bond motifs is 1. The zero-order chi connectivity index (χ0) is 22.7. The van der Waals surface area contributed by atoms with E-state index in [1.54, 1.807) is 6.20 Å². The van der Waals surface area contributed by atoms with Crippen molar-refractivity contribution in [1.29, 1.82) is 0 Å². The maximum absolute atomic E-state index is 13.7. The third-order valence-electron chi connectivity index (χ3n) is 5.91. The lowest BCUT2D eigenvalue weighted by Gasteiger charge is -2.35. The maximum atomic E-state index is 13.7. The largest absolute Gasteiger partial charge is 0.354 e. The van der Waals surface area contributed by atoms with Crippen molar-refractivity contribution in [2.45, 2.75) is 52.5 Å². The summed E-state index contributed by atoms with van der Waals surface area (Å²) in [6, 6.07) is 11.6. The molecule has 4 rings (SSSR count). The first-order valence-corrected chi connectivity index (χ1v) is 11.2. The fourth-order valence-corrected chi connectivity index (χ4v) is 4.34. The minimum atomic E-state index is -0.136. The number of rotatable bonds is 5. The molecule has 2 amide bonds. The summed E-state index contributed by atoms with van der Waals surface area (Å²) in [5.41, 5.74) is 4.13. The van der Waals surface area contributed by atoms with Crippen molar-refractivity contribution in [3.05, 3.63) is 53.9 Å². The van der Waals surface area contributed by atoms with Crippen LogP contribution in [0.4, 0.5) is 17.1 Å². The Hall–Kier alpha value is -3.48. The minimum absolute atomic E-state index is 0.00737. The van der Waals surface area contributed by atoms with Crippen molar-refractivity contribution in [3.8, 4) is 0 Å². The number of aryl methyl sites for hydroxylation is 1. The van der Waals surface area contributed by atoms with E-state index < -0.39 is 0 Å². The Labute approximate surface area is 188 Å². The number of anilines is 3. The van der Waals surface area contributed by atoms with Crippen LogP contribution in [0, 0.1) is 6.92 Å². The summed E-state index contributed by atoms with van der Waals surface area (Å²) in [4.78, 5) is 36.2. The summed E-state index contributed by atoms with van der Waals surface area (Å²) in [7, 11) is 0. The molecule has 0 saturated carbocycles. The van der Waals surface area contributed by atoms with Crippen molar-refractivity contribution in [2.24, 2.45) is 0 Å². The Morgan fingerprint density at radius 1 is 1.16 bits per heavy atom. The van der Waals surface area contributed by atoms with E-state index in [4.69, 9.17) is 0 Å². The molecule has 1 fully saturated rings. The van der Waals surface area contributed by atoms with E-state index in [-0.39, 0.29) is 17.9 Å². The van der Waals surface area contributed by atoms with Crippen LogP contribution < -0.4 is 10.6 Å². The van der Waals surface area contributed by atoms with Crippen LogP contribution >= 0.6 is 0 Å². The zero-order valence-corrected chi connectivity index (χ0v) is 18.8. The van der Waals surface area contributed by atoms with Crippen molar-refractivity contribution >= 4 is 39.9 Å². The first kappa shape index (κ1) is 21.7. The third kappa shape index (κ3) is 4.56. The zero-order valence-electron chi connectivity index (χ0n) is 18.8. The molecular formula is C25H29N5O2. The highest BCUT2D eigenvalue weighted by Crippen LogP contribution is 2.32. The monoisotopic (exact) mass is 431 g/mol. The summed E-state index contributed by atoms with van der Waals surface area (Å²) in [6.07, 6.45) is 5.78. The standard InChI is InChI=1S/C25H29N5O2/c1-4-20-10-5-6-13-30(20)25(32)22-15-26-24-21(12-11-16(2)27-24)23(22)29-19-9-7-8-18(14-19)28-17(3)31/h7-9,11-12,14-15,20H,4-6,10,13H2,1-3H3,(H,28,31)(H,26,27,29)/t20-/m1/s1. The summed E-state index contributed by atoms with van der Waals surface area (Å²) in [5, 5.41) is 7.01. The van der Waals surface area contributed by atoms with E-state index in [1.807, 2.05) is 48.2 Å². The summed E-state index contributed by atoms with van der Waals surface area (Å²) in [5.74, 6) is -0.144. The maximum Gasteiger partial charge on any atom is 0.257 e. The third-order valence-corrected chi connectivity index (χ3v) is 5.91. The number of carbonyl (C=O) groups is 2. The predicted octanol–water partition coefficient (Wildman–Crippen LogP) is 5.04. The van der Waals surface area contributed by atoms with E-state index in [2.05, 4.69) is 27.5 Å². The van der Waals surface area contributed by atoms with Gasteiger partial charge in [0, 0.05) is 48.2 Å². The van der Waals surface area contributed by atoms with Crippen LogP contribution in [-0.2, 0) is 4.79 Å². The summed E-state index contributed by atoms with van der Waals surface area (Å²) < 4.78 is 0. The lowest BCUT2D eigenvalue weighted by atomic mass is 9.98. The molecular weight excluding hydrogens is 402 g/mol. The molecule has 0 bridgehead atoms. The quantitative estimate of drug-likeness (QED) is 0.591. The second-order valence-corrected chi connectivity index (χ2v) is 8.31. The van der Waals surface area contributed by atoms with Gasteiger partial charge in [-0.3, -0.25) is 9.59 Å². The highest BCUT2D eigenvalue weighted by Gasteiger charge is 2.28. The first-order chi connectivity index (χ1) is 15.5. The number of benzene rings is 1. The van der Waals surface area contributed by atoms with Crippen LogP contribution in [0.5, 0.6) is 0 Å². The van der Waals surface area contributed by atoms with Gasteiger partial charge < -0.3 is 15.5 Å². The topological polar surface area (TPSA) is 87.2 Å². The number of carbonyl (C=O) groups excluding carboxylic acids is 2. The van der Waals surface area contributed by atoms with Gasteiger partial charge in [-0.15, -0.1) is 0 Å². The number of nitrogens with zero attached hydrogens (tertiary/aromatic N) is 3. The normalized spacial score (nSPS) is 16.1. The molecule has 0 spiro atoms. The predicted molar refractivity (Wildman–Crippen MR) is 127 cm³/mol. The molecule has 1 saturated heterocycles. The molecule has 1 atom stereocenters. The molecule has 2 aromatic heterocycles. The first-order valence-electron chi connectivity index (χ1n) is 11.2. The lowest BCUT2D eigenvalue weighted by Crippen LogP contribution is -2.43. The van der Waals surface area contributed by atoms with Gasteiger partial charge in [-0.1, -0.05) is 13.0 Å². The number of pyridine rings is 2. The molecule has 3 aromatic rings. The van der Waals surface area contributed by atoms with E-state index in [9.17, 15) is 9.59 Å². The van der Waals surface area contributed by atoms with Crippen LogP contribution in [0.1, 0.15) is 55.6 Å². The number of nitrogens with one attached hydrogen (secondary N) is 2. The summed E-state index contributed by atoms with van der Waals surface area (Å²) >= 11 is 0. The van der Waals surface area contributed by atoms with Gasteiger partial charge in [-0.05, 0) is 62.9 Å². The lowest BCUT2D eigenvalue weighted by molar-refractivity contribution is -0.114. The van der Waals surface area contributed by atoms with E-state index in [1.165, 1.54) is 6.92 Å². The Bertz CT molecular complexity index is 1160. The molecule has 0 aliphatic carbocycles. The van der Waals surface area contributed by atoms with E-state index in [0.717, 1.165) is 49.0 Å². The van der Waals surface area contributed by atoms with E-state index >= 15 is 0 Å². The molecule has 3 heterocycles. The number of likely N-dealkylation sites (tertiary alicyclic amines) is 1. The number of hydrogen-bond donors (Lipinski definition) is 2. The minimum Gasteiger partial charge on any atom is -0.354 e. The van der Waals surface area contributed by atoms with Crippen LogP contribution in [0.15, 0.2) is 42.6 Å². The fourth-order valence-electron chi connectivity index (χ4n) is 4.34. The van der Waals surface area contributed by atoms with Crippen molar-refractivity contribution < 1.29 is 9.59 Å². The molecule has 1 aliphatic rings. The Morgan fingerprint density at radius 3 is 2.75 bits per heavy atom. The SMILES string of the molecule is CC[C@@H]1CCCCN1C(=O)c1cnc2nc(C)ccc2c1Nc1cccc(NC(C)=O)c1. The number of amides is 2. The van der Waals surface area contributed by atoms with Crippen LogP contribution in [-0.4, -0.2) is 39.3 Å². The molecule has 2 N–H and O–H groups in total. The van der Waals surface area contributed by atoms with Crippen molar-refractivity contribution in [2.75, 3.05) is 17.2 Å². The molecule has 0 radical (unpaired) electrons.